The molecule has 2 saturated heterocycles. The molecular formula is C36H53N3O6S. The summed E-state index contributed by atoms with van der Waals surface area (Å²) in [4.78, 5) is 46.2. The van der Waals surface area contributed by atoms with Crippen molar-refractivity contribution in [2.75, 3.05) is 31.1 Å². The highest BCUT2D eigenvalue weighted by Crippen LogP contribution is 2.38. The Morgan fingerprint density at radius 1 is 0.935 bits per heavy atom. The van der Waals surface area contributed by atoms with Gasteiger partial charge in [0.2, 0.25) is 5.91 Å². The van der Waals surface area contributed by atoms with Crippen molar-refractivity contribution in [3.05, 3.63) is 28.3 Å². The van der Waals surface area contributed by atoms with Crippen LogP contribution in [0.5, 0.6) is 0 Å². The molecule has 4 rings (SSSR count). The summed E-state index contributed by atoms with van der Waals surface area (Å²) < 4.78 is 11.8. The van der Waals surface area contributed by atoms with Crippen LogP contribution in [0.3, 0.4) is 0 Å². The predicted octanol–water partition coefficient (Wildman–Crippen LogP) is 7.35. The lowest BCUT2D eigenvalue weighted by Crippen LogP contribution is -2.51. The standard InChI is InChI=1S/C36H53N3O6S/c1-24-9-11-26(12-10-24)32(40)39(30-23-29(13-18-35(3,4)5)46-31(30)33(41)42)27-14-19-38(20-15-27)34(43)44-28-16-21-37(22-17-28)25(2)45-36(6,7)8/h23-24,26-28H,2,9-12,14-17,19-22H2,1,3-8H3,(H,41,42)/t24-,26-. The van der Waals surface area contributed by atoms with Crippen LogP contribution in [0.4, 0.5) is 10.5 Å². The number of aromatic carboxylic acids is 1. The Bertz CT molecular complexity index is 1320. The second-order valence-corrected chi connectivity index (χ2v) is 16.2. The fourth-order valence-electron chi connectivity index (χ4n) is 6.39. The Morgan fingerprint density at radius 2 is 1.52 bits per heavy atom. The van der Waals surface area contributed by atoms with Crippen LogP contribution in [-0.2, 0) is 14.3 Å². The SMILES string of the molecule is C=C(OC(C)(C)C)N1CCC(OC(=O)N2CCC(N(c3cc(C#CC(C)(C)C)sc3C(=O)O)C(=O)[C@H]3CC[C@H](C)CC3)CC2)CC1. The van der Waals surface area contributed by atoms with Crippen molar-refractivity contribution in [2.45, 2.75) is 118 Å². The van der Waals surface area contributed by atoms with Crippen LogP contribution in [0.2, 0.25) is 0 Å². The Kier molecular flexibility index (Phi) is 11.4. The van der Waals surface area contributed by atoms with Gasteiger partial charge in [-0.25, -0.2) is 9.59 Å². The summed E-state index contributed by atoms with van der Waals surface area (Å²) in [6, 6.07) is 1.56. The Labute approximate surface area is 279 Å². The van der Waals surface area contributed by atoms with Gasteiger partial charge in [0.05, 0.1) is 10.6 Å². The number of carbonyl (C=O) groups excluding carboxylic acids is 2. The van der Waals surface area contributed by atoms with Crippen molar-refractivity contribution < 1.29 is 29.0 Å². The van der Waals surface area contributed by atoms with Crippen molar-refractivity contribution in [1.82, 2.24) is 9.80 Å². The summed E-state index contributed by atoms with van der Waals surface area (Å²) in [5.41, 5.74) is -0.123. The van der Waals surface area contributed by atoms with E-state index in [0.717, 1.165) is 37.0 Å². The number of hydrogen-bond donors (Lipinski definition) is 1. The zero-order valence-corrected chi connectivity index (χ0v) is 29.6. The lowest BCUT2D eigenvalue weighted by atomic mass is 9.82. The van der Waals surface area contributed by atoms with Crippen LogP contribution in [0.15, 0.2) is 18.5 Å². The molecule has 3 heterocycles. The van der Waals surface area contributed by atoms with E-state index in [1.54, 1.807) is 15.9 Å². The third-order valence-electron chi connectivity index (χ3n) is 8.90. The number of hydrogen-bond acceptors (Lipinski definition) is 7. The molecule has 10 heteroatoms. The lowest BCUT2D eigenvalue weighted by molar-refractivity contribution is -0.124. The number of amides is 2. The van der Waals surface area contributed by atoms with Crippen LogP contribution < -0.4 is 4.90 Å². The smallest absolute Gasteiger partial charge is 0.410 e. The molecule has 3 aliphatic rings. The summed E-state index contributed by atoms with van der Waals surface area (Å²) >= 11 is 1.13. The Morgan fingerprint density at radius 3 is 2.07 bits per heavy atom. The first kappa shape index (κ1) is 35.7. The number of piperidine rings is 2. The maximum atomic E-state index is 14.2. The van der Waals surface area contributed by atoms with Crippen molar-refractivity contribution in [3.63, 3.8) is 0 Å². The van der Waals surface area contributed by atoms with Gasteiger partial charge < -0.3 is 29.3 Å². The van der Waals surface area contributed by atoms with Crippen molar-refractivity contribution in [3.8, 4) is 11.8 Å². The molecule has 0 spiro atoms. The number of carboxylic acids is 1. The fraction of sp³-hybridized carbons (Fsp3) is 0.694. The van der Waals surface area contributed by atoms with Crippen LogP contribution in [0, 0.1) is 29.1 Å². The number of anilines is 1. The highest BCUT2D eigenvalue weighted by molar-refractivity contribution is 7.15. The molecule has 9 nitrogen and oxygen atoms in total. The van der Waals surface area contributed by atoms with E-state index in [4.69, 9.17) is 9.47 Å². The molecule has 1 aliphatic carbocycles. The van der Waals surface area contributed by atoms with Gasteiger partial charge in [-0.3, -0.25) is 4.79 Å². The summed E-state index contributed by atoms with van der Waals surface area (Å²) in [5.74, 6) is 6.37. The summed E-state index contributed by atoms with van der Waals surface area (Å²) in [7, 11) is 0. The summed E-state index contributed by atoms with van der Waals surface area (Å²) in [6.45, 7) is 20.6. The zero-order chi connectivity index (χ0) is 33.8. The maximum Gasteiger partial charge on any atom is 0.410 e. The minimum absolute atomic E-state index is 0.00709. The van der Waals surface area contributed by atoms with Gasteiger partial charge in [-0.1, -0.05) is 18.8 Å². The van der Waals surface area contributed by atoms with Gasteiger partial charge in [0.25, 0.3) is 0 Å². The van der Waals surface area contributed by atoms with Crippen molar-refractivity contribution in [1.29, 1.82) is 0 Å². The second-order valence-electron chi connectivity index (χ2n) is 15.2. The Hall–Kier alpha value is -3.19. The quantitative estimate of drug-likeness (QED) is 0.242. The zero-order valence-electron chi connectivity index (χ0n) is 28.8. The van der Waals surface area contributed by atoms with Gasteiger partial charge in [0.15, 0.2) is 5.88 Å². The van der Waals surface area contributed by atoms with E-state index in [-0.39, 0.29) is 46.0 Å². The number of likely N-dealkylation sites (tertiary alicyclic amines) is 2. The minimum atomic E-state index is -1.06. The molecule has 254 valence electrons. The molecule has 46 heavy (non-hydrogen) atoms. The predicted molar refractivity (Wildman–Crippen MR) is 182 cm³/mol. The summed E-state index contributed by atoms with van der Waals surface area (Å²) in [5, 5.41) is 10.2. The van der Waals surface area contributed by atoms with Crippen molar-refractivity contribution in [2.24, 2.45) is 17.3 Å². The van der Waals surface area contributed by atoms with Gasteiger partial charge in [-0.05, 0) is 98.6 Å². The molecule has 1 aromatic heterocycles. The van der Waals surface area contributed by atoms with Crippen LogP contribution in [0.25, 0.3) is 0 Å². The maximum absolute atomic E-state index is 14.2. The molecule has 0 unspecified atom stereocenters. The normalized spacial score (nSPS) is 21.6. The Balaban J connectivity index is 1.44. The average molecular weight is 656 g/mol. The first-order chi connectivity index (χ1) is 21.5. The van der Waals surface area contributed by atoms with E-state index in [9.17, 15) is 19.5 Å². The molecule has 2 amide bonds. The van der Waals surface area contributed by atoms with Gasteiger partial charge in [0.1, 0.15) is 16.6 Å². The van der Waals surface area contributed by atoms with E-state index < -0.39 is 5.97 Å². The van der Waals surface area contributed by atoms with E-state index >= 15 is 0 Å². The first-order valence-corrected chi connectivity index (χ1v) is 17.6. The van der Waals surface area contributed by atoms with Crippen LogP contribution in [-0.4, -0.2) is 76.8 Å². The highest BCUT2D eigenvalue weighted by Gasteiger charge is 2.38. The third kappa shape index (κ3) is 9.66. The average Bonchev–Trinajstić information content (AvgIpc) is 3.40. The molecule has 3 fully saturated rings. The fourth-order valence-corrected chi connectivity index (χ4v) is 7.23. The number of carboxylic acid groups (broad SMARTS) is 1. The van der Waals surface area contributed by atoms with Crippen molar-refractivity contribution >= 4 is 35.0 Å². The number of rotatable bonds is 7. The molecule has 0 atom stereocenters. The number of ether oxygens (including phenoxy) is 2. The number of carbonyl (C=O) groups is 3. The van der Waals surface area contributed by atoms with Gasteiger partial charge in [-0.2, -0.15) is 0 Å². The minimum Gasteiger partial charge on any atom is -0.477 e. The first-order valence-electron chi connectivity index (χ1n) is 16.8. The second kappa shape index (κ2) is 14.7. The molecule has 2 aliphatic heterocycles. The van der Waals surface area contributed by atoms with Gasteiger partial charge in [-0.15, -0.1) is 11.3 Å². The summed E-state index contributed by atoms with van der Waals surface area (Å²) in [6.07, 6.45) is 5.58. The van der Waals surface area contributed by atoms with Gasteiger partial charge in [0, 0.05) is 56.4 Å². The van der Waals surface area contributed by atoms with E-state index in [1.807, 2.05) is 41.5 Å². The monoisotopic (exact) mass is 655 g/mol. The molecule has 1 saturated carbocycles. The third-order valence-corrected chi connectivity index (χ3v) is 9.93. The van der Waals surface area contributed by atoms with Crippen LogP contribution in [0.1, 0.15) is 114 Å². The molecule has 0 aromatic carbocycles. The molecular weight excluding hydrogens is 602 g/mol. The van der Waals surface area contributed by atoms with E-state index in [1.165, 1.54) is 0 Å². The van der Waals surface area contributed by atoms with Gasteiger partial charge >= 0.3 is 12.1 Å². The van der Waals surface area contributed by atoms with Crippen LogP contribution >= 0.6 is 11.3 Å². The number of thiophene rings is 1. The molecule has 1 aromatic rings. The lowest BCUT2D eigenvalue weighted by Gasteiger charge is -2.41. The largest absolute Gasteiger partial charge is 0.477 e. The molecule has 0 bridgehead atoms. The molecule has 1 N–H and O–H groups in total. The number of nitrogens with zero attached hydrogens (tertiary/aromatic N) is 3. The highest BCUT2D eigenvalue weighted by atomic mass is 32.1. The topological polar surface area (TPSA) is 99.6 Å². The van der Waals surface area contributed by atoms with E-state index in [0.29, 0.717) is 74.2 Å². The van der Waals surface area contributed by atoms with E-state index in [2.05, 4.69) is 30.2 Å². The molecule has 0 radical (unpaired) electrons.